The van der Waals surface area contributed by atoms with E-state index in [1.807, 2.05) is 11.8 Å². The number of rotatable bonds is 6. The Morgan fingerprint density at radius 2 is 2.12 bits per heavy atom. The molecule has 0 aliphatic heterocycles. The van der Waals surface area contributed by atoms with Crippen molar-refractivity contribution in [3.05, 3.63) is 39.9 Å². The number of hydrogen-bond donors (Lipinski definition) is 1. The highest BCUT2D eigenvalue weighted by Crippen LogP contribution is 2.19. The molecule has 0 fully saturated rings. The lowest BCUT2D eigenvalue weighted by Crippen LogP contribution is -2.26. The van der Waals surface area contributed by atoms with Crippen molar-refractivity contribution in [3.63, 3.8) is 0 Å². The zero-order valence-corrected chi connectivity index (χ0v) is 9.30. The van der Waals surface area contributed by atoms with Gasteiger partial charge in [-0.15, -0.1) is 0 Å². The van der Waals surface area contributed by atoms with E-state index in [0.29, 0.717) is 18.7 Å². The van der Waals surface area contributed by atoms with Crippen LogP contribution in [0, 0.1) is 10.1 Å². The van der Waals surface area contributed by atoms with Crippen LogP contribution in [0.2, 0.25) is 0 Å². The molecule has 0 saturated heterocycles. The molecule has 0 spiro atoms. The molecule has 0 atom stereocenters. The maximum Gasteiger partial charge on any atom is 0.273 e. The van der Waals surface area contributed by atoms with Crippen LogP contribution in [0.1, 0.15) is 12.5 Å². The molecule has 1 N–H and O–H groups in total. The van der Waals surface area contributed by atoms with Gasteiger partial charge in [-0.3, -0.25) is 15.0 Å². The van der Waals surface area contributed by atoms with Crippen molar-refractivity contribution >= 4 is 5.69 Å². The molecule has 0 unspecified atom stereocenters. The number of aliphatic hydroxyl groups is 1. The summed E-state index contributed by atoms with van der Waals surface area (Å²) in [5, 5.41) is 19.6. The molecular weight excluding hydrogens is 208 g/mol. The van der Waals surface area contributed by atoms with Gasteiger partial charge in [0.05, 0.1) is 11.5 Å². The summed E-state index contributed by atoms with van der Waals surface area (Å²) >= 11 is 0. The monoisotopic (exact) mass is 224 g/mol. The predicted molar refractivity (Wildman–Crippen MR) is 61.1 cm³/mol. The number of likely N-dealkylation sites (N-methyl/N-ethyl adjacent to an activating group) is 1. The summed E-state index contributed by atoms with van der Waals surface area (Å²) in [6.07, 6.45) is 0. The summed E-state index contributed by atoms with van der Waals surface area (Å²) in [5.41, 5.74) is 0.821. The van der Waals surface area contributed by atoms with E-state index in [1.54, 1.807) is 18.2 Å². The van der Waals surface area contributed by atoms with Crippen molar-refractivity contribution in [2.75, 3.05) is 19.7 Å². The second-order valence-electron chi connectivity index (χ2n) is 3.48. The number of para-hydroxylation sites is 1. The SMILES string of the molecule is CCN(CCO)Cc1ccccc1[N+](=O)[O-]. The quantitative estimate of drug-likeness (QED) is 0.586. The van der Waals surface area contributed by atoms with Gasteiger partial charge in [0.25, 0.3) is 5.69 Å². The molecule has 88 valence electrons. The van der Waals surface area contributed by atoms with Gasteiger partial charge in [-0.05, 0) is 6.54 Å². The smallest absolute Gasteiger partial charge is 0.273 e. The second-order valence-corrected chi connectivity index (χ2v) is 3.48. The summed E-state index contributed by atoms with van der Waals surface area (Å²) in [4.78, 5) is 12.4. The number of nitro benzene ring substituents is 1. The van der Waals surface area contributed by atoms with Crippen LogP contribution in [0.3, 0.4) is 0 Å². The van der Waals surface area contributed by atoms with E-state index < -0.39 is 0 Å². The molecule has 0 bridgehead atoms. The normalized spacial score (nSPS) is 10.7. The van der Waals surface area contributed by atoms with Crippen molar-refractivity contribution in [1.29, 1.82) is 0 Å². The van der Waals surface area contributed by atoms with Crippen molar-refractivity contribution in [2.24, 2.45) is 0 Å². The van der Waals surface area contributed by atoms with E-state index in [-0.39, 0.29) is 17.2 Å². The first kappa shape index (κ1) is 12.6. The summed E-state index contributed by atoms with van der Waals surface area (Å²) in [7, 11) is 0. The van der Waals surface area contributed by atoms with E-state index in [0.717, 1.165) is 6.54 Å². The van der Waals surface area contributed by atoms with Gasteiger partial charge in [0.1, 0.15) is 0 Å². The van der Waals surface area contributed by atoms with E-state index >= 15 is 0 Å². The highest BCUT2D eigenvalue weighted by atomic mass is 16.6. The van der Waals surface area contributed by atoms with Crippen LogP contribution >= 0.6 is 0 Å². The molecule has 1 aromatic rings. The zero-order chi connectivity index (χ0) is 12.0. The first-order valence-corrected chi connectivity index (χ1v) is 5.24. The first-order chi connectivity index (χ1) is 7.69. The standard InChI is InChI=1S/C11H16N2O3/c1-2-12(7-8-14)9-10-5-3-4-6-11(10)13(15)16/h3-6,14H,2,7-9H2,1H3. The Kier molecular flexibility index (Phi) is 4.88. The Hall–Kier alpha value is -1.46. The van der Waals surface area contributed by atoms with Crippen LogP contribution in [0.4, 0.5) is 5.69 Å². The second kappa shape index (κ2) is 6.19. The Morgan fingerprint density at radius 1 is 1.44 bits per heavy atom. The van der Waals surface area contributed by atoms with Crippen LogP contribution in [0.5, 0.6) is 0 Å². The molecule has 0 amide bonds. The van der Waals surface area contributed by atoms with Gasteiger partial charge >= 0.3 is 0 Å². The van der Waals surface area contributed by atoms with Gasteiger partial charge < -0.3 is 5.11 Å². The first-order valence-electron chi connectivity index (χ1n) is 5.24. The molecule has 0 saturated carbocycles. The van der Waals surface area contributed by atoms with E-state index in [9.17, 15) is 10.1 Å². The Morgan fingerprint density at radius 3 is 2.69 bits per heavy atom. The maximum absolute atomic E-state index is 10.8. The lowest BCUT2D eigenvalue weighted by molar-refractivity contribution is -0.385. The third kappa shape index (κ3) is 3.29. The lowest BCUT2D eigenvalue weighted by Gasteiger charge is -2.18. The van der Waals surface area contributed by atoms with Crippen molar-refractivity contribution < 1.29 is 10.0 Å². The van der Waals surface area contributed by atoms with Crippen LogP contribution in [-0.4, -0.2) is 34.6 Å². The fourth-order valence-corrected chi connectivity index (χ4v) is 1.55. The van der Waals surface area contributed by atoms with Gasteiger partial charge in [0.15, 0.2) is 0 Å². The van der Waals surface area contributed by atoms with E-state index in [4.69, 9.17) is 5.11 Å². The maximum atomic E-state index is 10.8. The van der Waals surface area contributed by atoms with Crippen molar-refractivity contribution in [3.8, 4) is 0 Å². The van der Waals surface area contributed by atoms with Crippen molar-refractivity contribution in [1.82, 2.24) is 4.90 Å². The number of benzene rings is 1. The third-order valence-electron chi connectivity index (χ3n) is 2.45. The zero-order valence-electron chi connectivity index (χ0n) is 9.30. The summed E-state index contributed by atoms with van der Waals surface area (Å²) in [6, 6.07) is 6.69. The highest BCUT2D eigenvalue weighted by Gasteiger charge is 2.14. The molecule has 1 aromatic carbocycles. The Balaban J connectivity index is 2.82. The fraction of sp³-hybridized carbons (Fsp3) is 0.455. The molecule has 0 radical (unpaired) electrons. The van der Waals surface area contributed by atoms with Gasteiger partial charge in [0.2, 0.25) is 0 Å². The molecule has 5 nitrogen and oxygen atoms in total. The predicted octanol–water partition coefficient (Wildman–Crippen LogP) is 1.41. The molecular formula is C11H16N2O3. The fourth-order valence-electron chi connectivity index (χ4n) is 1.55. The van der Waals surface area contributed by atoms with Crippen LogP contribution in [0.15, 0.2) is 24.3 Å². The number of nitrogens with zero attached hydrogens (tertiary/aromatic N) is 2. The minimum atomic E-state index is -0.373. The summed E-state index contributed by atoms with van der Waals surface area (Å²) < 4.78 is 0. The minimum absolute atomic E-state index is 0.0640. The van der Waals surface area contributed by atoms with Gasteiger partial charge in [-0.25, -0.2) is 0 Å². The van der Waals surface area contributed by atoms with E-state index in [2.05, 4.69) is 0 Å². The lowest BCUT2D eigenvalue weighted by atomic mass is 10.1. The van der Waals surface area contributed by atoms with Crippen molar-refractivity contribution in [2.45, 2.75) is 13.5 Å². The number of hydrogen-bond acceptors (Lipinski definition) is 4. The van der Waals surface area contributed by atoms with Crippen LogP contribution in [-0.2, 0) is 6.54 Å². The minimum Gasteiger partial charge on any atom is -0.395 e. The molecule has 16 heavy (non-hydrogen) atoms. The Labute approximate surface area is 94.5 Å². The third-order valence-corrected chi connectivity index (χ3v) is 2.45. The molecule has 0 aliphatic rings. The topological polar surface area (TPSA) is 66.6 Å². The van der Waals surface area contributed by atoms with Crippen LogP contribution < -0.4 is 0 Å². The summed E-state index contributed by atoms with van der Waals surface area (Å²) in [6.45, 7) is 3.81. The molecule has 0 heterocycles. The Bertz CT molecular complexity index is 355. The number of aliphatic hydroxyl groups excluding tert-OH is 1. The van der Waals surface area contributed by atoms with Gasteiger partial charge in [-0.1, -0.05) is 25.1 Å². The molecule has 0 aliphatic carbocycles. The highest BCUT2D eigenvalue weighted by molar-refractivity contribution is 5.39. The largest absolute Gasteiger partial charge is 0.395 e. The average Bonchev–Trinajstić information content (AvgIpc) is 2.29. The molecule has 1 rings (SSSR count). The molecule has 5 heteroatoms. The van der Waals surface area contributed by atoms with Gasteiger partial charge in [0, 0.05) is 24.7 Å². The number of nitro groups is 1. The molecule has 0 aromatic heterocycles. The average molecular weight is 224 g/mol. The summed E-state index contributed by atoms with van der Waals surface area (Å²) in [5.74, 6) is 0. The van der Waals surface area contributed by atoms with E-state index in [1.165, 1.54) is 6.07 Å². The van der Waals surface area contributed by atoms with Gasteiger partial charge in [-0.2, -0.15) is 0 Å². The van der Waals surface area contributed by atoms with Crippen LogP contribution in [0.25, 0.3) is 0 Å².